The van der Waals surface area contributed by atoms with E-state index >= 15 is 0 Å². The Hall–Kier alpha value is -3.73. The molecule has 0 N–H and O–H groups in total. The van der Waals surface area contributed by atoms with Crippen LogP contribution in [-0.4, -0.2) is 28.7 Å². The van der Waals surface area contributed by atoms with Gasteiger partial charge in [0.2, 0.25) is 11.8 Å². The standard InChI is InChI=1S/C32H29NO4/c1-18-7-6-8-21(17-18)37-32(36)19-13-15-20(16-14-19)33-30(34)28-26-22-9-2-3-10-23(22)27(29(28)31(33)35)25-12-5-4-11-24(25)26/h2-12,17,19-20,26-29H,13-16H2,1H3/t19?,20?,26?,27?,28-,29-/m0/s1. The topological polar surface area (TPSA) is 63.7 Å². The average molecular weight is 492 g/mol. The molecule has 2 atom stereocenters. The monoisotopic (exact) mass is 491 g/mol. The minimum absolute atomic E-state index is 0.0280. The maximum absolute atomic E-state index is 14.0. The lowest BCUT2D eigenvalue weighted by Crippen LogP contribution is -2.44. The van der Waals surface area contributed by atoms with E-state index < -0.39 is 0 Å². The largest absolute Gasteiger partial charge is 0.426 e. The number of nitrogens with zero attached hydrogens (tertiary/aromatic N) is 1. The van der Waals surface area contributed by atoms with Crippen LogP contribution in [0, 0.1) is 24.7 Å². The SMILES string of the molecule is Cc1cccc(OC(=O)C2CCC(N3C(=O)[C@H]4C5c6ccccc6C(c6ccccc65)[C@@H]4C3=O)CC2)c1. The van der Waals surface area contributed by atoms with Crippen LogP contribution >= 0.6 is 0 Å². The van der Waals surface area contributed by atoms with Crippen molar-refractivity contribution in [1.82, 2.24) is 4.90 Å². The molecular weight excluding hydrogens is 462 g/mol. The number of benzene rings is 3. The second-order valence-electron chi connectivity index (χ2n) is 11.1. The molecule has 5 heteroatoms. The van der Waals surface area contributed by atoms with E-state index in [4.69, 9.17) is 4.74 Å². The van der Waals surface area contributed by atoms with Crippen molar-refractivity contribution in [3.63, 3.8) is 0 Å². The lowest BCUT2D eigenvalue weighted by molar-refractivity contribution is -0.144. The fourth-order valence-corrected chi connectivity index (χ4v) is 7.51. The molecule has 0 radical (unpaired) electrons. The predicted molar refractivity (Wildman–Crippen MR) is 138 cm³/mol. The van der Waals surface area contributed by atoms with Gasteiger partial charge in [-0.3, -0.25) is 19.3 Å². The van der Waals surface area contributed by atoms with Crippen LogP contribution in [0.15, 0.2) is 72.8 Å². The fourth-order valence-electron chi connectivity index (χ4n) is 7.51. The molecule has 1 saturated heterocycles. The number of hydrogen-bond acceptors (Lipinski definition) is 4. The van der Waals surface area contributed by atoms with Crippen molar-refractivity contribution in [2.45, 2.75) is 50.5 Å². The van der Waals surface area contributed by atoms with Crippen LogP contribution in [0.4, 0.5) is 0 Å². The Morgan fingerprint density at radius 3 is 1.73 bits per heavy atom. The van der Waals surface area contributed by atoms with Crippen LogP contribution in [0.5, 0.6) is 5.75 Å². The number of rotatable bonds is 3. The van der Waals surface area contributed by atoms with Crippen LogP contribution in [-0.2, 0) is 14.4 Å². The van der Waals surface area contributed by atoms with Crippen molar-refractivity contribution < 1.29 is 19.1 Å². The number of carbonyl (C=O) groups excluding carboxylic acids is 3. The molecule has 4 aliphatic carbocycles. The molecule has 37 heavy (non-hydrogen) atoms. The third-order valence-corrected chi connectivity index (χ3v) is 9.09. The van der Waals surface area contributed by atoms with Crippen LogP contribution in [0.25, 0.3) is 0 Å². The highest BCUT2D eigenvalue weighted by atomic mass is 16.5. The number of aryl methyl sites for hydroxylation is 1. The van der Waals surface area contributed by atoms with Crippen LogP contribution < -0.4 is 4.74 Å². The Kier molecular flexibility index (Phi) is 5.10. The summed E-state index contributed by atoms with van der Waals surface area (Å²) in [5, 5.41) is 0. The number of likely N-dealkylation sites (tertiary alicyclic amines) is 1. The van der Waals surface area contributed by atoms with Gasteiger partial charge in [-0.05, 0) is 72.6 Å². The summed E-state index contributed by atoms with van der Waals surface area (Å²) in [7, 11) is 0. The maximum Gasteiger partial charge on any atom is 0.314 e. The Bertz CT molecular complexity index is 1320. The zero-order valence-electron chi connectivity index (χ0n) is 20.8. The molecule has 1 aliphatic heterocycles. The number of imide groups is 1. The molecule has 0 aromatic heterocycles. The van der Waals surface area contributed by atoms with Crippen LogP contribution in [0.1, 0.15) is 65.3 Å². The summed E-state index contributed by atoms with van der Waals surface area (Å²) in [5.41, 5.74) is 5.81. The zero-order valence-corrected chi connectivity index (χ0v) is 20.8. The van der Waals surface area contributed by atoms with E-state index in [1.165, 1.54) is 22.3 Å². The predicted octanol–water partition coefficient (Wildman–Crippen LogP) is 5.35. The molecule has 3 aromatic carbocycles. The van der Waals surface area contributed by atoms with E-state index in [1.54, 1.807) is 11.0 Å². The van der Waals surface area contributed by atoms with Gasteiger partial charge in [0, 0.05) is 17.9 Å². The maximum atomic E-state index is 14.0. The minimum atomic E-state index is -0.341. The molecule has 3 aromatic rings. The number of carbonyl (C=O) groups is 3. The molecule has 5 nitrogen and oxygen atoms in total. The van der Waals surface area contributed by atoms with E-state index in [-0.39, 0.29) is 53.4 Å². The normalized spacial score (nSPS) is 29.5. The summed E-state index contributed by atoms with van der Waals surface area (Å²) >= 11 is 0. The van der Waals surface area contributed by atoms with Gasteiger partial charge in [0.05, 0.1) is 17.8 Å². The van der Waals surface area contributed by atoms with Crippen LogP contribution in [0.2, 0.25) is 0 Å². The van der Waals surface area contributed by atoms with Gasteiger partial charge in [-0.25, -0.2) is 0 Å². The summed E-state index contributed by atoms with van der Waals surface area (Å²) in [4.78, 5) is 42.3. The van der Waals surface area contributed by atoms with E-state index in [2.05, 4.69) is 24.3 Å². The highest BCUT2D eigenvalue weighted by molar-refractivity contribution is 6.08. The van der Waals surface area contributed by atoms with Gasteiger partial charge >= 0.3 is 5.97 Å². The van der Waals surface area contributed by atoms with E-state index in [9.17, 15) is 14.4 Å². The van der Waals surface area contributed by atoms with Gasteiger partial charge in [0.15, 0.2) is 0 Å². The van der Waals surface area contributed by atoms with E-state index in [0.29, 0.717) is 31.4 Å². The summed E-state index contributed by atoms with van der Waals surface area (Å²) in [6, 6.07) is 24.0. The first kappa shape index (κ1) is 22.5. The lowest BCUT2D eigenvalue weighted by atomic mass is 9.55. The third kappa shape index (κ3) is 3.33. The summed E-state index contributed by atoms with van der Waals surface area (Å²) in [5.74, 6) is -0.765. The highest BCUT2D eigenvalue weighted by Crippen LogP contribution is 2.61. The summed E-state index contributed by atoms with van der Waals surface area (Å²) in [6.45, 7) is 1.97. The van der Waals surface area contributed by atoms with Crippen molar-refractivity contribution in [3.8, 4) is 5.75 Å². The molecular formula is C32H29NO4. The van der Waals surface area contributed by atoms with E-state index in [0.717, 1.165) is 5.56 Å². The Balaban J connectivity index is 1.12. The molecule has 1 heterocycles. The third-order valence-electron chi connectivity index (χ3n) is 9.09. The van der Waals surface area contributed by atoms with Gasteiger partial charge in [-0.2, -0.15) is 0 Å². The number of amides is 2. The van der Waals surface area contributed by atoms with Gasteiger partial charge in [0.1, 0.15) is 5.75 Å². The van der Waals surface area contributed by atoms with Gasteiger partial charge < -0.3 is 4.74 Å². The van der Waals surface area contributed by atoms with Crippen molar-refractivity contribution >= 4 is 17.8 Å². The molecule has 0 unspecified atom stereocenters. The first-order chi connectivity index (χ1) is 18.0. The minimum Gasteiger partial charge on any atom is -0.426 e. The van der Waals surface area contributed by atoms with Gasteiger partial charge in [0.25, 0.3) is 0 Å². The fraction of sp³-hybridized carbons (Fsp3) is 0.344. The molecule has 186 valence electrons. The van der Waals surface area contributed by atoms with Crippen molar-refractivity contribution in [1.29, 1.82) is 0 Å². The quantitative estimate of drug-likeness (QED) is 0.281. The van der Waals surface area contributed by atoms with Crippen molar-refractivity contribution in [3.05, 3.63) is 101 Å². The molecule has 2 amide bonds. The second kappa shape index (κ2) is 8.41. The van der Waals surface area contributed by atoms with Crippen LogP contribution in [0.3, 0.4) is 0 Å². The van der Waals surface area contributed by atoms with Gasteiger partial charge in [-0.1, -0.05) is 60.7 Å². The van der Waals surface area contributed by atoms with Crippen molar-refractivity contribution in [2.24, 2.45) is 17.8 Å². The molecule has 0 spiro atoms. The molecule has 2 fully saturated rings. The molecule has 2 bridgehead atoms. The Labute approximate surface area is 216 Å². The summed E-state index contributed by atoms with van der Waals surface area (Å²) < 4.78 is 5.64. The Morgan fingerprint density at radius 1 is 0.730 bits per heavy atom. The second-order valence-corrected chi connectivity index (χ2v) is 11.1. The zero-order chi connectivity index (χ0) is 25.3. The lowest BCUT2D eigenvalue weighted by Gasteiger charge is -2.45. The summed E-state index contributed by atoms with van der Waals surface area (Å²) in [6.07, 6.45) is 2.52. The number of ether oxygens (including phenoxy) is 1. The molecule has 5 aliphatic rings. The van der Waals surface area contributed by atoms with Crippen molar-refractivity contribution in [2.75, 3.05) is 0 Å². The molecule has 1 saturated carbocycles. The Morgan fingerprint density at radius 2 is 1.24 bits per heavy atom. The average Bonchev–Trinajstić information content (AvgIpc) is 3.19. The van der Waals surface area contributed by atoms with E-state index in [1.807, 2.05) is 49.4 Å². The first-order valence-electron chi connectivity index (χ1n) is 13.4. The smallest absolute Gasteiger partial charge is 0.314 e. The molecule has 8 rings (SSSR count). The first-order valence-corrected chi connectivity index (χ1v) is 13.4. The number of esters is 1. The van der Waals surface area contributed by atoms with Gasteiger partial charge in [-0.15, -0.1) is 0 Å². The number of hydrogen-bond donors (Lipinski definition) is 0. The highest BCUT2D eigenvalue weighted by Gasteiger charge is 2.62.